The monoisotopic (exact) mass is 364 g/mol. The van der Waals surface area contributed by atoms with Crippen LogP contribution in [0.4, 0.5) is 4.39 Å². The summed E-state index contributed by atoms with van der Waals surface area (Å²) in [5, 5.41) is 0. The first-order chi connectivity index (χ1) is 10.7. The third kappa shape index (κ3) is 4.95. The van der Waals surface area contributed by atoms with Gasteiger partial charge in [-0.1, -0.05) is 18.2 Å². The summed E-state index contributed by atoms with van der Waals surface area (Å²) >= 11 is 3.38. The van der Waals surface area contributed by atoms with Crippen LogP contribution in [0.2, 0.25) is 0 Å². The van der Waals surface area contributed by atoms with Crippen LogP contribution in [0.5, 0.6) is 5.75 Å². The zero-order chi connectivity index (χ0) is 15.8. The molecule has 0 spiro atoms. The minimum absolute atomic E-state index is 0.127. The van der Waals surface area contributed by atoms with Gasteiger partial charge in [0.2, 0.25) is 0 Å². The van der Waals surface area contributed by atoms with Gasteiger partial charge in [-0.25, -0.2) is 4.39 Å². The highest BCUT2D eigenvalue weighted by molar-refractivity contribution is 9.10. The molecule has 0 atom stereocenters. The Morgan fingerprint density at radius 2 is 1.91 bits per heavy atom. The third-order valence-corrected chi connectivity index (χ3v) is 4.02. The summed E-state index contributed by atoms with van der Waals surface area (Å²) in [6.45, 7) is 0.607. The zero-order valence-corrected chi connectivity index (χ0v) is 13.8. The van der Waals surface area contributed by atoms with Gasteiger partial charge in [0.1, 0.15) is 17.9 Å². The normalized spacial score (nSPS) is 10.5. The Hall–Kier alpha value is -1.68. The fourth-order valence-electron chi connectivity index (χ4n) is 2.19. The predicted octanol–water partition coefficient (Wildman–Crippen LogP) is 5.19. The van der Waals surface area contributed by atoms with Crippen molar-refractivity contribution >= 4 is 22.2 Å². The Balaban J connectivity index is 1.67. The maximum atomic E-state index is 13.4. The number of aryl methyl sites for hydroxylation is 1. The number of ether oxygens (including phenoxy) is 1. The molecule has 0 heterocycles. The molecule has 0 aliphatic carbocycles. The van der Waals surface area contributed by atoms with Crippen LogP contribution >= 0.6 is 15.9 Å². The molecule has 22 heavy (non-hydrogen) atoms. The van der Waals surface area contributed by atoms with Gasteiger partial charge in [-0.3, -0.25) is 4.79 Å². The van der Waals surface area contributed by atoms with Crippen LogP contribution in [0.15, 0.2) is 46.9 Å². The van der Waals surface area contributed by atoms with Gasteiger partial charge < -0.3 is 4.74 Å². The summed E-state index contributed by atoms with van der Waals surface area (Å²) in [4.78, 5) is 10.7. The van der Waals surface area contributed by atoms with E-state index in [4.69, 9.17) is 4.74 Å². The lowest BCUT2D eigenvalue weighted by atomic mass is 10.1. The first kappa shape index (κ1) is 16.7. The average Bonchev–Trinajstić information content (AvgIpc) is 2.53. The Morgan fingerprint density at radius 3 is 2.64 bits per heavy atom. The Morgan fingerprint density at radius 1 is 1.09 bits per heavy atom. The van der Waals surface area contributed by atoms with E-state index in [1.54, 1.807) is 24.3 Å². The van der Waals surface area contributed by atoms with Gasteiger partial charge in [0, 0.05) is 5.56 Å². The molecule has 0 aliphatic heterocycles. The maximum absolute atomic E-state index is 13.4. The number of halogens is 2. The highest BCUT2D eigenvalue weighted by Crippen LogP contribution is 2.25. The van der Waals surface area contributed by atoms with Crippen LogP contribution in [0.1, 0.15) is 35.2 Å². The molecule has 0 aromatic heterocycles. The molecule has 0 fully saturated rings. The van der Waals surface area contributed by atoms with Gasteiger partial charge in [-0.05, 0) is 71.4 Å². The molecule has 2 aromatic carbocycles. The molecule has 2 rings (SSSR count). The van der Waals surface area contributed by atoms with Gasteiger partial charge in [0.05, 0.1) is 11.1 Å². The molecule has 2 nitrogen and oxygen atoms in total. The van der Waals surface area contributed by atoms with Crippen LogP contribution in [0, 0.1) is 5.82 Å². The Bertz CT molecular complexity index is 628. The minimum atomic E-state index is -0.127. The van der Waals surface area contributed by atoms with E-state index >= 15 is 0 Å². The van der Waals surface area contributed by atoms with Gasteiger partial charge >= 0.3 is 0 Å². The molecule has 4 heteroatoms. The number of carbonyl (C=O) groups excluding carboxylic acids is 1. The lowest BCUT2D eigenvalue weighted by molar-refractivity contribution is 0.112. The quantitative estimate of drug-likeness (QED) is 0.475. The molecule has 0 unspecified atom stereocenters. The van der Waals surface area contributed by atoms with Crippen molar-refractivity contribution in [1.82, 2.24) is 0 Å². The van der Waals surface area contributed by atoms with Crippen LogP contribution < -0.4 is 4.74 Å². The van der Waals surface area contributed by atoms with E-state index in [1.807, 2.05) is 12.1 Å². The molecule has 0 radical (unpaired) electrons. The van der Waals surface area contributed by atoms with Crippen molar-refractivity contribution in [2.24, 2.45) is 0 Å². The standard InChI is InChI=1S/C18H18BrFO2/c19-16-12-14(13-21)9-10-18(16)22-11-5-1-2-6-15-7-3-4-8-17(15)20/h3-4,7-10,12-13H,1-2,5-6,11H2. The summed E-state index contributed by atoms with van der Waals surface area (Å²) in [6.07, 6.45) is 4.39. The second-order valence-electron chi connectivity index (χ2n) is 5.06. The van der Waals surface area contributed by atoms with Gasteiger partial charge in [0.15, 0.2) is 0 Å². The number of benzene rings is 2. The second kappa shape index (κ2) is 8.69. The van der Waals surface area contributed by atoms with E-state index in [9.17, 15) is 9.18 Å². The SMILES string of the molecule is O=Cc1ccc(OCCCCCc2ccccc2F)c(Br)c1. The first-order valence-corrected chi connectivity index (χ1v) is 8.11. The van der Waals surface area contributed by atoms with E-state index in [-0.39, 0.29) is 5.82 Å². The fourth-order valence-corrected chi connectivity index (χ4v) is 2.70. The smallest absolute Gasteiger partial charge is 0.150 e. The molecule has 2 aromatic rings. The predicted molar refractivity (Wildman–Crippen MR) is 89.0 cm³/mol. The number of hydrogen-bond acceptors (Lipinski definition) is 2. The molecule has 116 valence electrons. The summed E-state index contributed by atoms with van der Waals surface area (Å²) < 4.78 is 19.9. The van der Waals surface area contributed by atoms with Crippen molar-refractivity contribution in [3.63, 3.8) is 0 Å². The van der Waals surface area contributed by atoms with Crippen molar-refractivity contribution in [2.45, 2.75) is 25.7 Å². The molecular formula is C18H18BrFO2. The fraction of sp³-hybridized carbons (Fsp3) is 0.278. The number of hydrogen-bond donors (Lipinski definition) is 0. The summed E-state index contributed by atoms with van der Waals surface area (Å²) in [5.74, 6) is 0.609. The van der Waals surface area contributed by atoms with E-state index in [2.05, 4.69) is 15.9 Å². The van der Waals surface area contributed by atoms with Crippen molar-refractivity contribution < 1.29 is 13.9 Å². The van der Waals surface area contributed by atoms with E-state index in [1.165, 1.54) is 6.07 Å². The molecule has 0 bridgehead atoms. The lowest BCUT2D eigenvalue weighted by Gasteiger charge is -2.08. The van der Waals surface area contributed by atoms with E-state index < -0.39 is 0 Å². The van der Waals surface area contributed by atoms with Crippen LogP contribution in [0.3, 0.4) is 0 Å². The Kier molecular flexibility index (Phi) is 6.59. The van der Waals surface area contributed by atoms with Crippen LogP contribution in [-0.4, -0.2) is 12.9 Å². The molecule has 0 saturated heterocycles. The zero-order valence-electron chi connectivity index (χ0n) is 12.2. The second-order valence-corrected chi connectivity index (χ2v) is 5.91. The average molecular weight is 365 g/mol. The lowest BCUT2D eigenvalue weighted by Crippen LogP contribution is -1.99. The highest BCUT2D eigenvalue weighted by Gasteiger charge is 2.03. The molecule has 0 aliphatic rings. The molecule has 0 N–H and O–H groups in total. The van der Waals surface area contributed by atoms with E-state index in [0.29, 0.717) is 12.2 Å². The van der Waals surface area contributed by atoms with Crippen LogP contribution in [0.25, 0.3) is 0 Å². The number of carbonyl (C=O) groups is 1. The highest BCUT2D eigenvalue weighted by atomic mass is 79.9. The van der Waals surface area contributed by atoms with Gasteiger partial charge in [0.25, 0.3) is 0 Å². The van der Waals surface area contributed by atoms with Crippen molar-refractivity contribution in [2.75, 3.05) is 6.61 Å². The molecule has 0 saturated carbocycles. The molecule has 0 amide bonds. The summed E-state index contributed by atoms with van der Waals surface area (Å²) in [6, 6.07) is 12.2. The van der Waals surface area contributed by atoms with E-state index in [0.717, 1.165) is 47.8 Å². The number of rotatable bonds is 8. The first-order valence-electron chi connectivity index (χ1n) is 7.31. The topological polar surface area (TPSA) is 26.3 Å². The maximum Gasteiger partial charge on any atom is 0.150 e. The van der Waals surface area contributed by atoms with Crippen LogP contribution in [-0.2, 0) is 6.42 Å². The largest absolute Gasteiger partial charge is 0.492 e. The number of aldehydes is 1. The molecular weight excluding hydrogens is 347 g/mol. The van der Waals surface area contributed by atoms with Crippen molar-refractivity contribution in [3.05, 3.63) is 63.9 Å². The number of unbranched alkanes of at least 4 members (excludes halogenated alkanes) is 2. The van der Waals surface area contributed by atoms with Gasteiger partial charge in [-0.15, -0.1) is 0 Å². The summed E-state index contributed by atoms with van der Waals surface area (Å²) in [7, 11) is 0. The third-order valence-electron chi connectivity index (χ3n) is 3.40. The minimum Gasteiger partial charge on any atom is -0.492 e. The van der Waals surface area contributed by atoms with Gasteiger partial charge in [-0.2, -0.15) is 0 Å². The van der Waals surface area contributed by atoms with Crippen molar-refractivity contribution in [3.8, 4) is 5.75 Å². The summed E-state index contributed by atoms with van der Waals surface area (Å²) in [5.41, 5.74) is 1.39. The van der Waals surface area contributed by atoms with Crippen molar-refractivity contribution in [1.29, 1.82) is 0 Å². The Labute approximate surface area is 138 Å².